The maximum Gasteiger partial charge on any atom is 0.254 e. The van der Waals surface area contributed by atoms with Crippen LogP contribution in [-0.2, 0) is 14.3 Å². The highest BCUT2D eigenvalue weighted by molar-refractivity contribution is 5.88. The van der Waals surface area contributed by atoms with Crippen LogP contribution in [0.3, 0.4) is 0 Å². The van der Waals surface area contributed by atoms with Gasteiger partial charge in [0.25, 0.3) is 5.91 Å². The fraction of sp³-hybridized carbons (Fsp3) is 0.905. The molecule has 0 aromatic rings. The van der Waals surface area contributed by atoms with Gasteiger partial charge in [-0.15, -0.1) is 0 Å². The normalized spacial score (nSPS) is 49.5. The summed E-state index contributed by atoms with van der Waals surface area (Å²) in [4.78, 5) is 28.2. The molecule has 2 amide bonds. The first kappa shape index (κ1) is 15.9. The molecule has 8 rings (SSSR count). The third-order valence-electron chi connectivity index (χ3n) is 8.71. The summed E-state index contributed by atoms with van der Waals surface area (Å²) in [5, 5.41) is 3.36. The maximum absolute atomic E-state index is 13.3. The van der Waals surface area contributed by atoms with Gasteiger partial charge in [-0.3, -0.25) is 9.59 Å². The lowest BCUT2D eigenvalue weighted by molar-refractivity contribution is -0.170. The summed E-state index contributed by atoms with van der Waals surface area (Å²) in [7, 11) is 0. The number of piperidine rings is 1. The highest BCUT2D eigenvalue weighted by Gasteiger charge is 2.66. The van der Waals surface area contributed by atoms with Crippen LogP contribution in [0.5, 0.6) is 0 Å². The van der Waals surface area contributed by atoms with Crippen molar-refractivity contribution in [3.05, 3.63) is 0 Å². The summed E-state index contributed by atoms with van der Waals surface area (Å²) in [6, 6.07) is 0.124. The Bertz CT molecular complexity index is 674. The first-order valence-electron chi connectivity index (χ1n) is 10.6. The summed E-state index contributed by atoms with van der Waals surface area (Å²) in [5.41, 5.74) is -0.114. The molecule has 3 aliphatic heterocycles. The Hall–Kier alpha value is -1.10. The van der Waals surface area contributed by atoms with E-state index in [9.17, 15) is 9.59 Å². The molecule has 4 bridgehead atoms. The summed E-state index contributed by atoms with van der Waals surface area (Å²) >= 11 is 0. The van der Waals surface area contributed by atoms with E-state index in [1.54, 1.807) is 0 Å². The van der Waals surface area contributed by atoms with Crippen LogP contribution in [0, 0.1) is 22.2 Å². The third-order valence-corrected chi connectivity index (χ3v) is 8.71. The fourth-order valence-electron chi connectivity index (χ4n) is 7.12. The highest BCUT2D eigenvalue weighted by atomic mass is 16.5. The summed E-state index contributed by atoms with van der Waals surface area (Å²) in [5.74, 6) is 1.28. The standard InChI is InChI=1S/C21H30N2O3/c1-18-10-21(11-18,26-13-18)17(25)23-9-15(8-19(12-23)3-2-4-19)22-16(24)20-5-14(6-20)7-20/h14-15H,2-13H2,1H3,(H,22,24). The van der Waals surface area contributed by atoms with Gasteiger partial charge in [0.15, 0.2) is 0 Å². The van der Waals surface area contributed by atoms with Gasteiger partial charge in [-0.2, -0.15) is 0 Å². The number of fused-ring (bicyclic) bond motifs is 1. The molecule has 0 aromatic carbocycles. The number of hydrogen-bond acceptors (Lipinski definition) is 3. The van der Waals surface area contributed by atoms with Crippen LogP contribution in [0.25, 0.3) is 0 Å². The molecule has 0 radical (unpaired) electrons. The maximum atomic E-state index is 13.3. The van der Waals surface area contributed by atoms with Gasteiger partial charge < -0.3 is 15.0 Å². The van der Waals surface area contributed by atoms with Crippen LogP contribution >= 0.6 is 0 Å². The SMILES string of the molecule is CC12COC(C(=O)N3CC(NC(=O)C45CC(C4)C5)CC4(CCC4)C3)(C1)C2. The van der Waals surface area contributed by atoms with Crippen molar-refractivity contribution in [1.82, 2.24) is 10.2 Å². The Labute approximate surface area is 155 Å². The molecule has 1 atom stereocenters. The molecule has 5 heteroatoms. The van der Waals surface area contributed by atoms with Gasteiger partial charge in [0.1, 0.15) is 5.60 Å². The first-order valence-corrected chi connectivity index (χ1v) is 10.6. The average Bonchev–Trinajstić information content (AvgIpc) is 2.95. The van der Waals surface area contributed by atoms with Gasteiger partial charge in [0.05, 0.1) is 6.61 Å². The monoisotopic (exact) mass is 358 g/mol. The quantitative estimate of drug-likeness (QED) is 0.842. The molecular formula is C21H30N2O3. The molecule has 8 fully saturated rings. The van der Waals surface area contributed by atoms with E-state index < -0.39 is 5.60 Å². The smallest absolute Gasteiger partial charge is 0.254 e. The molecule has 142 valence electrons. The summed E-state index contributed by atoms with van der Waals surface area (Å²) in [6.45, 7) is 4.49. The Morgan fingerprint density at radius 3 is 2.35 bits per heavy atom. The number of nitrogens with one attached hydrogen (secondary N) is 1. The van der Waals surface area contributed by atoms with Crippen molar-refractivity contribution in [3.63, 3.8) is 0 Å². The molecule has 1 spiro atoms. The predicted octanol–water partition coefficient (Wildman–Crippen LogP) is 2.24. The van der Waals surface area contributed by atoms with Gasteiger partial charge >= 0.3 is 0 Å². The minimum absolute atomic E-state index is 0.0350. The van der Waals surface area contributed by atoms with Crippen molar-refractivity contribution >= 4 is 11.8 Å². The zero-order chi connectivity index (χ0) is 17.8. The van der Waals surface area contributed by atoms with Gasteiger partial charge in [-0.05, 0) is 68.1 Å². The molecular weight excluding hydrogens is 328 g/mol. The molecule has 26 heavy (non-hydrogen) atoms. The number of likely N-dealkylation sites (tertiary alicyclic amines) is 1. The topological polar surface area (TPSA) is 58.6 Å². The van der Waals surface area contributed by atoms with E-state index in [0.717, 1.165) is 57.6 Å². The van der Waals surface area contributed by atoms with Crippen LogP contribution in [0.2, 0.25) is 0 Å². The number of rotatable bonds is 3. The van der Waals surface area contributed by atoms with E-state index >= 15 is 0 Å². The second-order valence-corrected chi connectivity index (χ2v) is 11.1. The van der Waals surface area contributed by atoms with Gasteiger partial charge in [-0.25, -0.2) is 0 Å². The van der Waals surface area contributed by atoms with E-state index in [1.165, 1.54) is 19.3 Å². The Morgan fingerprint density at radius 1 is 1.12 bits per heavy atom. The van der Waals surface area contributed by atoms with Gasteiger partial charge in [0.2, 0.25) is 5.91 Å². The van der Waals surface area contributed by atoms with E-state index in [2.05, 4.69) is 17.1 Å². The van der Waals surface area contributed by atoms with Gasteiger partial charge in [-0.1, -0.05) is 13.3 Å². The number of carbonyl (C=O) groups excluding carboxylic acids is 2. The zero-order valence-electron chi connectivity index (χ0n) is 15.8. The highest BCUT2D eigenvalue weighted by Crippen LogP contribution is 2.64. The molecule has 3 saturated heterocycles. The van der Waals surface area contributed by atoms with Crippen LogP contribution in [-0.4, -0.2) is 48.1 Å². The second-order valence-electron chi connectivity index (χ2n) is 11.1. The number of ether oxygens (including phenoxy) is 1. The molecule has 1 N–H and O–H groups in total. The lowest BCUT2D eigenvalue weighted by Gasteiger charge is -2.61. The predicted molar refractivity (Wildman–Crippen MR) is 95.2 cm³/mol. The van der Waals surface area contributed by atoms with E-state index in [0.29, 0.717) is 6.54 Å². The second kappa shape index (κ2) is 4.65. The average molecular weight is 358 g/mol. The molecule has 1 unspecified atom stereocenters. The molecule has 5 nitrogen and oxygen atoms in total. The van der Waals surface area contributed by atoms with E-state index in [4.69, 9.17) is 4.74 Å². The summed E-state index contributed by atoms with van der Waals surface area (Å²) in [6.07, 6.45) is 9.73. The van der Waals surface area contributed by atoms with Crippen molar-refractivity contribution in [2.24, 2.45) is 22.2 Å². The Morgan fingerprint density at radius 2 is 1.85 bits per heavy atom. The third kappa shape index (κ3) is 1.96. The number of hydrogen-bond donors (Lipinski definition) is 1. The summed E-state index contributed by atoms with van der Waals surface area (Å²) < 4.78 is 5.98. The minimum atomic E-state index is -0.542. The molecule has 8 aliphatic rings. The van der Waals surface area contributed by atoms with Crippen molar-refractivity contribution in [2.75, 3.05) is 19.7 Å². The van der Waals surface area contributed by atoms with Crippen molar-refractivity contribution in [3.8, 4) is 0 Å². The number of nitrogens with zero attached hydrogens (tertiary/aromatic N) is 1. The van der Waals surface area contributed by atoms with E-state index in [-0.39, 0.29) is 34.1 Å². The Balaban J connectivity index is 1.18. The van der Waals surface area contributed by atoms with Crippen molar-refractivity contribution in [1.29, 1.82) is 0 Å². The minimum Gasteiger partial charge on any atom is -0.365 e. The van der Waals surface area contributed by atoms with Crippen molar-refractivity contribution < 1.29 is 14.3 Å². The van der Waals surface area contributed by atoms with Crippen LogP contribution < -0.4 is 5.32 Å². The largest absolute Gasteiger partial charge is 0.365 e. The van der Waals surface area contributed by atoms with Crippen LogP contribution in [0.1, 0.15) is 64.7 Å². The molecule has 5 saturated carbocycles. The lowest BCUT2D eigenvalue weighted by atomic mass is 9.44. The molecule has 0 aromatic heterocycles. The Kier molecular flexibility index (Phi) is 2.85. The van der Waals surface area contributed by atoms with E-state index in [1.807, 2.05) is 0 Å². The number of amides is 2. The van der Waals surface area contributed by atoms with Gasteiger partial charge in [0, 0.05) is 24.5 Å². The first-order chi connectivity index (χ1) is 12.3. The zero-order valence-corrected chi connectivity index (χ0v) is 15.8. The van der Waals surface area contributed by atoms with Crippen molar-refractivity contribution in [2.45, 2.75) is 76.4 Å². The molecule has 5 aliphatic carbocycles. The van der Waals surface area contributed by atoms with Crippen LogP contribution in [0.4, 0.5) is 0 Å². The molecule has 3 heterocycles. The van der Waals surface area contributed by atoms with Crippen LogP contribution in [0.15, 0.2) is 0 Å². The fourth-order valence-corrected chi connectivity index (χ4v) is 7.12. The lowest BCUT2D eigenvalue weighted by Crippen LogP contribution is -2.66. The number of carbonyl (C=O) groups is 2.